The topological polar surface area (TPSA) is 183 Å². The number of para-hydroxylation sites is 1. The Balaban J connectivity index is 1.81. The number of carbonyl (C=O) groups excluding carboxylic acids is 5. The summed E-state index contributed by atoms with van der Waals surface area (Å²) in [5.74, 6) is -4.38. The molecule has 1 fully saturated rings. The summed E-state index contributed by atoms with van der Waals surface area (Å²) in [7, 11) is 0. The van der Waals surface area contributed by atoms with Crippen LogP contribution in [-0.4, -0.2) is 66.2 Å². The molecule has 3 rings (SSSR count). The van der Waals surface area contributed by atoms with E-state index in [-0.39, 0.29) is 49.0 Å². The van der Waals surface area contributed by atoms with Crippen molar-refractivity contribution in [3.05, 3.63) is 75.3 Å². The number of Topliss-reactive ketones (excluding diaryl/α,β-unsaturated/α-hetero) is 1. The van der Waals surface area contributed by atoms with Gasteiger partial charge in [-0.3, -0.25) is 34.1 Å². The lowest BCUT2D eigenvalue weighted by molar-refractivity contribution is -0.385. The van der Waals surface area contributed by atoms with Gasteiger partial charge in [-0.2, -0.15) is 0 Å². The second-order valence-electron chi connectivity index (χ2n) is 10.9. The standard InChI is InChI=1S/C32H40N4O9/c1-3-45-27(37)18-33-32(41)29(38)26(20-44-19-23-14-8-5-9-15-23)35-31(40)25(17-22-12-6-4-7-13-22)34-30(39)24-16-10-11-21(2)28(24)36(42)43/h5,8-11,14-16,22,25-26H,3-4,6-7,12-13,17-20H2,1-2H3,(H,33,41)(H,34,39)(H,35,40). The van der Waals surface area contributed by atoms with Crippen molar-refractivity contribution in [2.45, 2.75) is 71.1 Å². The van der Waals surface area contributed by atoms with E-state index in [1.165, 1.54) is 25.1 Å². The van der Waals surface area contributed by atoms with Crippen LogP contribution in [0.1, 0.15) is 66.9 Å². The molecule has 13 nitrogen and oxygen atoms in total. The van der Waals surface area contributed by atoms with Crippen molar-refractivity contribution in [2.24, 2.45) is 5.92 Å². The Morgan fingerprint density at radius 1 is 0.956 bits per heavy atom. The van der Waals surface area contributed by atoms with E-state index >= 15 is 0 Å². The number of hydrogen-bond donors (Lipinski definition) is 3. The second-order valence-corrected chi connectivity index (χ2v) is 10.9. The molecule has 1 saturated carbocycles. The van der Waals surface area contributed by atoms with Crippen LogP contribution in [-0.2, 0) is 35.3 Å². The highest BCUT2D eigenvalue weighted by Gasteiger charge is 2.33. The lowest BCUT2D eigenvalue weighted by Crippen LogP contribution is -2.56. The molecule has 45 heavy (non-hydrogen) atoms. The third kappa shape index (κ3) is 10.8. The Kier molecular flexibility index (Phi) is 13.6. The summed E-state index contributed by atoms with van der Waals surface area (Å²) < 4.78 is 10.5. The minimum atomic E-state index is -1.46. The zero-order chi connectivity index (χ0) is 32.8. The first-order valence-corrected chi connectivity index (χ1v) is 15.0. The highest BCUT2D eigenvalue weighted by molar-refractivity contribution is 6.38. The molecule has 2 unspecified atom stereocenters. The number of benzene rings is 2. The van der Waals surface area contributed by atoms with Crippen molar-refractivity contribution in [3.63, 3.8) is 0 Å². The van der Waals surface area contributed by atoms with E-state index in [2.05, 4.69) is 16.0 Å². The zero-order valence-electron chi connectivity index (χ0n) is 25.5. The van der Waals surface area contributed by atoms with Crippen molar-refractivity contribution >= 4 is 35.2 Å². The van der Waals surface area contributed by atoms with Crippen LogP contribution in [0, 0.1) is 23.0 Å². The Morgan fingerprint density at radius 2 is 1.67 bits per heavy atom. The monoisotopic (exact) mass is 624 g/mol. The molecule has 0 aliphatic heterocycles. The molecule has 0 heterocycles. The predicted octanol–water partition coefficient (Wildman–Crippen LogP) is 2.92. The van der Waals surface area contributed by atoms with Crippen LogP contribution in [0.15, 0.2) is 48.5 Å². The highest BCUT2D eigenvalue weighted by atomic mass is 16.6. The number of amides is 3. The molecule has 2 aromatic rings. The lowest BCUT2D eigenvalue weighted by Gasteiger charge is -2.28. The van der Waals surface area contributed by atoms with Gasteiger partial charge in [0.1, 0.15) is 24.2 Å². The average Bonchev–Trinajstić information content (AvgIpc) is 3.03. The van der Waals surface area contributed by atoms with E-state index in [1.807, 2.05) is 30.3 Å². The van der Waals surface area contributed by atoms with E-state index in [1.54, 1.807) is 6.92 Å². The maximum Gasteiger partial charge on any atom is 0.325 e. The molecule has 0 radical (unpaired) electrons. The molecule has 0 bridgehead atoms. The molecule has 1 aliphatic carbocycles. The fourth-order valence-corrected chi connectivity index (χ4v) is 5.24. The Labute approximate surface area is 261 Å². The Bertz CT molecular complexity index is 1360. The van der Waals surface area contributed by atoms with Gasteiger partial charge >= 0.3 is 5.97 Å². The number of ketones is 1. The molecule has 3 amide bonds. The van der Waals surface area contributed by atoms with Crippen molar-refractivity contribution < 1.29 is 38.4 Å². The number of esters is 1. The van der Waals surface area contributed by atoms with Gasteiger partial charge in [0.2, 0.25) is 11.7 Å². The van der Waals surface area contributed by atoms with Crippen LogP contribution >= 0.6 is 0 Å². The average molecular weight is 625 g/mol. The number of aryl methyl sites for hydroxylation is 1. The Hall–Kier alpha value is -4.65. The summed E-state index contributed by atoms with van der Waals surface area (Å²) in [5.41, 5.74) is 0.519. The first kappa shape index (κ1) is 34.8. The molecule has 3 N–H and O–H groups in total. The van der Waals surface area contributed by atoms with Gasteiger partial charge in [-0.1, -0.05) is 74.6 Å². The molecule has 0 saturated heterocycles. The van der Waals surface area contributed by atoms with Gasteiger partial charge in [-0.25, -0.2) is 0 Å². The van der Waals surface area contributed by atoms with Gasteiger partial charge in [0.05, 0.1) is 24.7 Å². The van der Waals surface area contributed by atoms with E-state index in [0.29, 0.717) is 0 Å². The number of nitro groups is 1. The SMILES string of the molecule is CCOC(=O)CNC(=O)C(=O)C(COCc1ccccc1)NC(=O)C(CC1CCCCC1)NC(=O)c1cccc(C)c1[N+](=O)[O-]. The minimum Gasteiger partial charge on any atom is -0.465 e. The molecule has 1 aliphatic rings. The van der Waals surface area contributed by atoms with Crippen LogP contribution in [0.3, 0.4) is 0 Å². The third-order valence-corrected chi connectivity index (χ3v) is 7.53. The van der Waals surface area contributed by atoms with Crippen molar-refractivity contribution in [1.82, 2.24) is 16.0 Å². The summed E-state index contributed by atoms with van der Waals surface area (Å²) in [6.07, 6.45) is 4.90. The minimum absolute atomic E-state index is 0.0875. The zero-order valence-corrected chi connectivity index (χ0v) is 25.5. The van der Waals surface area contributed by atoms with E-state index in [4.69, 9.17) is 9.47 Å². The molecular weight excluding hydrogens is 584 g/mol. The summed E-state index contributed by atoms with van der Waals surface area (Å²) in [6.45, 7) is 2.37. The maximum atomic E-state index is 13.7. The second kappa shape index (κ2) is 17.6. The number of carbonyl (C=O) groups is 5. The van der Waals surface area contributed by atoms with Crippen LogP contribution in [0.5, 0.6) is 0 Å². The summed E-state index contributed by atoms with van der Waals surface area (Å²) in [6, 6.07) is 10.8. The maximum absolute atomic E-state index is 13.7. The first-order chi connectivity index (χ1) is 21.6. The third-order valence-electron chi connectivity index (χ3n) is 7.53. The van der Waals surface area contributed by atoms with Gasteiger partial charge in [0.15, 0.2) is 0 Å². The number of nitrogens with one attached hydrogen (secondary N) is 3. The van der Waals surface area contributed by atoms with E-state index in [0.717, 1.165) is 37.7 Å². The molecule has 13 heteroatoms. The van der Waals surface area contributed by atoms with Gasteiger partial charge in [-0.15, -0.1) is 0 Å². The van der Waals surface area contributed by atoms with Crippen molar-refractivity contribution in [2.75, 3.05) is 19.8 Å². The van der Waals surface area contributed by atoms with Crippen LogP contribution in [0.25, 0.3) is 0 Å². The van der Waals surface area contributed by atoms with Crippen LogP contribution in [0.2, 0.25) is 0 Å². The normalized spacial score (nSPS) is 14.4. The predicted molar refractivity (Wildman–Crippen MR) is 163 cm³/mol. The summed E-state index contributed by atoms with van der Waals surface area (Å²) in [4.78, 5) is 75.7. The Morgan fingerprint density at radius 3 is 2.33 bits per heavy atom. The highest BCUT2D eigenvalue weighted by Crippen LogP contribution is 2.28. The van der Waals surface area contributed by atoms with Crippen LogP contribution < -0.4 is 16.0 Å². The van der Waals surface area contributed by atoms with Gasteiger partial charge < -0.3 is 25.4 Å². The fourth-order valence-electron chi connectivity index (χ4n) is 5.24. The van der Waals surface area contributed by atoms with Crippen LogP contribution in [0.4, 0.5) is 5.69 Å². The number of nitro benzene ring substituents is 1. The molecule has 2 aromatic carbocycles. The summed E-state index contributed by atoms with van der Waals surface area (Å²) >= 11 is 0. The smallest absolute Gasteiger partial charge is 0.325 e. The number of ether oxygens (including phenoxy) is 2. The van der Waals surface area contributed by atoms with E-state index in [9.17, 15) is 34.1 Å². The molecule has 2 atom stereocenters. The van der Waals surface area contributed by atoms with Gasteiger partial charge in [0, 0.05) is 5.56 Å². The van der Waals surface area contributed by atoms with E-state index < -0.39 is 53.0 Å². The molecule has 0 aromatic heterocycles. The largest absolute Gasteiger partial charge is 0.465 e. The number of nitrogens with zero attached hydrogens (tertiary/aromatic N) is 1. The number of rotatable bonds is 16. The van der Waals surface area contributed by atoms with Gasteiger partial charge in [-0.05, 0) is 37.8 Å². The van der Waals surface area contributed by atoms with Gasteiger partial charge in [0.25, 0.3) is 17.5 Å². The quantitative estimate of drug-likeness (QED) is 0.109. The van der Waals surface area contributed by atoms with Crippen molar-refractivity contribution in [3.8, 4) is 0 Å². The first-order valence-electron chi connectivity index (χ1n) is 15.0. The fraction of sp³-hybridized carbons (Fsp3) is 0.469. The summed E-state index contributed by atoms with van der Waals surface area (Å²) in [5, 5.41) is 19.1. The lowest BCUT2D eigenvalue weighted by atomic mass is 9.84. The molecular formula is C32H40N4O9. The molecule has 0 spiro atoms. The van der Waals surface area contributed by atoms with Crippen molar-refractivity contribution in [1.29, 1.82) is 0 Å². The number of hydrogen-bond acceptors (Lipinski definition) is 9. The molecule has 242 valence electrons.